The fraction of sp³-hybridized carbons (Fsp3) is 0.400. The Morgan fingerprint density at radius 3 is 3.00 bits per heavy atom. The number of aryl methyl sites for hydroxylation is 1. The molecule has 20 heavy (non-hydrogen) atoms. The Labute approximate surface area is 123 Å². The Balaban J connectivity index is 1.69. The van der Waals surface area contributed by atoms with Crippen LogP contribution in [0.25, 0.3) is 0 Å². The smallest absolute Gasteiger partial charge is 0.142 e. The van der Waals surface area contributed by atoms with Gasteiger partial charge in [0, 0.05) is 24.2 Å². The molecule has 0 unspecified atom stereocenters. The van der Waals surface area contributed by atoms with Gasteiger partial charge in [-0.05, 0) is 25.8 Å². The van der Waals surface area contributed by atoms with Crippen LogP contribution in [0.2, 0.25) is 5.02 Å². The average molecular weight is 293 g/mol. The van der Waals surface area contributed by atoms with E-state index in [0.29, 0.717) is 17.7 Å². The van der Waals surface area contributed by atoms with Crippen molar-refractivity contribution in [2.45, 2.75) is 39.0 Å². The lowest BCUT2D eigenvalue weighted by atomic mass is 10.2. The number of ether oxygens (including phenoxy) is 1. The molecular formula is C15H17ClN2O2. The molecule has 0 bridgehead atoms. The number of halogens is 1. The van der Waals surface area contributed by atoms with Crippen molar-refractivity contribution >= 4 is 11.6 Å². The van der Waals surface area contributed by atoms with E-state index in [4.69, 9.17) is 20.9 Å². The fourth-order valence-electron chi connectivity index (χ4n) is 2.03. The number of aromatic nitrogens is 1. The number of hydrogen-bond donors (Lipinski definition) is 1. The first-order valence-electron chi connectivity index (χ1n) is 6.78. The maximum absolute atomic E-state index is 6.24. The van der Waals surface area contributed by atoms with Crippen LogP contribution in [0, 0.1) is 6.92 Å². The van der Waals surface area contributed by atoms with E-state index < -0.39 is 0 Å². The number of benzene rings is 1. The second kappa shape index (κ2) is 5.85. The third-order valence-corrected chi connectivity index (χ3v) is 3.55. The Morgan fingerprint density at radius 2 is 2.30 bits per heavy atom. The molecule has 0 saturated heterocycles. The Hall–Kier alpha value is -1.52. The zero-order valence-corrected chi connectivity index (χ0v) is 12.1. The van der Waals surface area contributed by atoms with Crippen molar-refractivity contribution in [1.29, 1.82) is 0 Å². The molecule has 5 heteroatoms. The summed E-state index contributed by atoms with van der Waals surface area (Å²) in [6, 6.07) is 8.33. The van der Waals surface area contributed by atoms with Gasteiger partial charge >= 0.3 is 0 Å². The molecule has 1 aliphatic carbocycles. The second-order valence-electron chi connectivity index (χ2n) is 5.10. The van der Waals surface area contributed by atoms with E-state index >= 15 is 0 Å². The second-order valence-corrected chi connectivity index (χ2v) is 5.51. The molecular weight excluding hydrogens is 276 g/mol. The van der Waals surface area contributed by atoms with Gasteiger partial charge in [0.15, 0.2) is 0 Å². The van der Waals surface area contributed by atoms with Gasteiger partial charge in [-0.2, -0.15) is 0 Å². The fourth-order valence-corrected chi connectivity index (χ4v) is 2.28. The molecule has 2 aromatic rings. The van der Waals surface area contributed by atoms with Gasteiger partial charge in [-0.25, -0.2) is 0 Å². The summed E-state index contributed by atoms with van der Waals surface area (Å²) >= 11 is 6.24. The van der Waals surface area contributed by atoms with Crippen molar-refractivity contribution in [3.05, 3.63) is 46.3 Å². The van der Waals surface area contributed by atoms with Gasteiger partial charge in [-0.15, -0.1) is 0 Å². The highest BCUT2D eigenvalue weighted by Crippen LogP contribution is 2.30. The van der Waals surface area contributed by atoms with Gasteiger partial charge in [0.25, 0.3) is 0 Å². The lowest BCUT2D eigenvalue weighted by molar-refractivity contribution is 0.284. The molecule has 1 fully saturated rings. The van der Waals surface area contributed by atoms with Crippen molar-refractivity contribution < 1.29 is 9.26 Å². The van der Waals surface area contributed by atoms with Crippen LogP contribution in [0.1, 0.15) is 29.9 Å². The summed E-state index contributed by atoms with van der Waals surface area (Å²) in [7, 11) is 0. The van der Waals surface area contributed by atoms with Crippen LogP contribution in [0.5, 0.6) is 5.75 Å². The van der Waals surface area contributed by atoms with Crippen LogP contribution in [-0.4, -0.2) is 11.2 Å². The van der Waals surface area contributed by atoms with E-state index in [1.165, 1.54) is 12.8 Å². The maximum Gasteiger partial charge on any atom is 0.142 e. The van der Waals surface area contributed by atoms with Gasteiger partial charge in [0.05, 0.1) is 5.02 Å². The first-order valence-corrected chi connectivity index (χ1v) is 7.16. The summed E-state index contributed by atoms with van der Waals surface area (Å²) in [5.41, 5.74) is 1.84. The average Bonchev–Trinajstić information content (AvgIpc) is 3.17. The minimum atomic E-state index is 0.359. The summed E-state index contributed by atoms with van der Waals surface area (Å²) in [5, 5.41) is 8.01. The summed E-state index contributed by atoms with van der Waals surface area (Å²) in [5.74, 6) is 1.50. The number of para-hydroxylation sites is 1. The van der Waals surface area contributed by atoms with Crippen LogP contribution in [0.15, 0.2) is 28.8 Å². The number of rotatable bonds is 6. The summed E-state index contributed by atoms with van der Waals surface area (Å²) in [6.07, 6.45) is 2.52. The van der Waals surface area contributed by atoms with Crippen LogP contribution in [0.3, 0.4) is 0 Å². The highest BCUT2D eigenvalue weighted by molar-refractivity contribution is 6.32. The molecule has 3 rings (SSSR count). The summed E-state index contributed by atoms with van der Waals surface area (Å²) < 4.78 is 10.9. The summed E-state index contributed by atoms with van der Waals surface area (Å²) in [4.78, 5) is 0. The van der Waals surface area contributed by atoms with E-state index in [2.05, 4.69) is 10.5 Å². The van der Waals surface area contributed by atoms with Crippen molar-refractivity contribution in [3.8, 4) is 5.75 Å². The molecule has 0 radical (unpaired) electrons. The Morgan fingerprint density at radius 1 is 1.45 bits per heavy atom. The normalized spacial score (nSPS) is 14.5. The first kappa shape index (κ1) is 13.5. The maximum atomic E-state index is 6.24. The zero-order valence-electron chi connectivity index (χ0n) is 11.4. The van der Waals surface area contributed by atoms with Crippen LogP contribution in [0.4, 0.5) is 0 Å². The highest BCUT2D eigenvalue weighted by atomic mass is 35.5. The monoisotopic (exact) mass is 292 g/mol. The molecule has 0 aliphatic heterocycles. The van der Waals surface area contributed by atoms with Gasteiger partial charge in [-0.3, -0.25) is 0 Å². The van der Waals surface area contributed by atoms with Gasteiger partial charge in [0.1, 0.15) is 23.8 Å². The predicted octanol–water partition coefficient (Wildman–Crippen LogP) is 3.47. The highest BCUT2D eigenvalue weighted by Gasteiger charge is 2.21. The molecule has 0 amide bonds. The van der Waals surface area contributed by atoms with E-state index in [-0.39, 0.29) is 0 Å². The lowest BCUT2D eigenvalue weighted by Gasteiger charge is -2.12. The van der Waals surface area contributed by atoms with Crippen molar-refractivity contribution in [2.24, 2.45) is 0 Å². The third-order valence-electron chi connectivity index (χ3n) is 3.25. The van der Waals surface area contributed by atoms with E-state index in [9.17, 15) is 0 Å². The van der Waals surface area contributed by atoms with Crippen LogP contribution in [-0.2, 0) is 13.2 Å². The molecule has 0 spiro atoms. The number of nitrogens with zero attached hydrogens (tertiary/aromatic N) is 1. The van der Waals surface area contributed by atoms with E-state index in [1.807, 2.05) is 31.2 Å². The Bertz CT molecular complexity index is 593. The molecule has 0 atom stereocenters. The standard InChI is InChI=1S/C15H17ClN2O2/c1-10-7-13(18-20-10)9-19-15-11(3-2-4-14(15)16)8-17-12-5-6-12/h2-4,7,12,17H,5-6,8-9H2,1H3. The van der Waals surface area contributed by atoms with Crippen molar-refractivity contribution in [1.82, 2.24) is 10.5 Å². The number of hydrogen-bond acceptors (Lipinski definition) is 4. The zero-order chi connectivity index (χ0) is 13.9. The SMILES string of the molecule is Cc1cc(COc2c(Cl)cccc2CNC2CC2)no1. The summed E-state index contributed by atoms with van der Waals surface area (Å²) in [6.45, 7) is 2.99. The van der Waals surface area contributed by atoms with Crippen LogP contribution < -0.4 is 10.1 Å². The molecule has 4 nitrogen and oxygen atoms in total. The molecule has 106 valence electrons. The third kappa shape index (κ3) is 3.32. The van der Waals surface area contributed by atoms with Gasteiger partial charge in [-0.1, -0.05) is 28.9 Å². The van der Waals surface area contributed by atoms with E-state index in [1.54, 1.807) is 0 Å². The molecule has 1 heterocycles. The molecule has 1 aromatic heterocycles. The quantitative estimate of drug-likeness (QED) is 0.885. The van der Waals surface area contributed by atoms with E-state index in [0.717, 1.165) is 29.3 Å². The van der Waals surface area contributed by atoms with Crippen LogP contribution >= 0.6 is 11.6 Å². The van der Waals surface area contributed by atoms with Crippen molar-refractivity contribution in [3.63, 3.8) is 0 Å². The topological polar surface area (TPSA) is 47.3 Å². The first-order chi connectivity index (χ1) is 9.72. The molecule has 1 aliphatic rings. The molecule has 1 aromatic carbocycles. The minimum absolute atomic E-state index is 0.359. The van der Waals surface area contributed by atoms with Crippen molar-refractivity contribution in [2.75, 3.05) is 0 Å². The van der Waals surface area contributed by atoms with Gasteiger partial charge < -0.3 is 14.6 Å². The Kier molecular flexibility index (Phi) is 3.94. The number of nitrogens with one attached hydrogen (secondary N) is 1. The minimum Gasteiger partial charge on any atom is -0.485 e. The lowest BCUT2D eigenvalue weighted by Crippen LogP contribution is -2.16. The predicted molar refractivity (Wildman–Crippen MR) is 76.9 cm³/mol. The molecule has 1 N–H and O–H groups in total. The largest absolute Gasteiger partial charge is 0.485 e. The van der Waals surface area contributed by atoms with Gasteiger partial charge in [0.2, 0.25) is 0 Å². The molecule has 1 saturated carbocycles.